The molecule has 0 bridgehead atoms. The first kappa shape index (κ1) is 18.1. The van der Waals surface area contributed by atoms with Crippen molar-refractivity contribution in [1.29, 1.82) is 0 Å². The van der Waals surface area contributed by atoms with Crippen LogP contribution in [0.2, 0.25) is 0 Å². The van der Waals surface area contributed by atoms with E-state index >= 15 is 0 Å². The molecule has 2 aromatic carbocycles. The van der Waals surface area contributed by atoms with Gasteiger partial charge >= 0.3 is 0 Å². The summed E-state index contributed by atoms with van der Waals surface area (Å²) in [6, 6.07) is 16.2. The number of likely N-dealkylation sites (N-methyl/N-ethyl adjacent to an activating group) is 1. The third-order valence-corrected chi connectivity index (χ3v) is 6.42. The van der Waals surface area contributed by atoms with E-state index in [1.54, 1.807) is 24.3 Å². The summed E-state index contributed by atoms with van der Waals surface area (Å²) >= 11 is 3.29. The lowest BCUT2D eigenvalue weighted by Gasteiger charge is -2.22. The molecule has 0 aliphatic carbocycles. The van der Waals surface area contributed by atoms with Crippen LogP contribution >= 0.6 is 15.9 Å². The molecule has 1 aromatic heterocycles. The molecule has 3 rings (SSSR count). The summed E-state index contributed by atoms with van der Waals surface area (Å²) in [6.45, 7) is 0.205. The molecule has 1 heterocycles. The van der Waals surface area contributed by atoms with E-state index in [0.29, 0.717) is 4.47 Å². The van der Waals surface area contributed by atoms with E-state index in [0.717, 1.165) is 16.7 Å². The second kappa shape index (κ2) is 7.29. The first-order chi connectivity index (χ1) is 11.9. The second-order valence-electron chi connectivity index (χ2n) is 5.95. The van der Waals surface area contributed by atoms with Crippen LogP contribution in [-0.4, -0.2) is 34.0 Å². The minimum Gasteiger partial charge on any atom is -0.459 e. The normalized spacial score (nSPS) is 13.4. The number of sulfonamides is 1. The van der Waals surface area contributed by atoms with Crippen molar-refractivity contribution in [3.8, 4) is 0 Å². The van der Waals surface area contributed by atoms with Crippen LogP contribution in [0.5, 0.6) is 0 Å². The molecule has 0 aliphatic heterocycles. The van der Waals surface area contributed by atoms with Gasteiger partial charge in [0.05, 0.1) is 10.9 Å². The Balaban J connectivity index is 1.84. The predicted octanol–water partition coefficient (Wildman–Crippen LogP) is 3.78. The predicted molar refractivity (Wildman–Crippen MR) is 102 cm³/mol. The number of nitrogens with zero attached hydrogens (tertiary/aromatic N) is 1. The van der Waals surface area contributed by atoms with Crippen molar-refractivity contribution in [2.75, 3.05) is 20.6 Å². The Kier molecular flexibility index (Phi) is 5.29. The van der Waals surface area contributed by atoms with Gasteiger partial charge in [0, 0.05) is 16.4 Å². The van der Waals surface area contributed by atoms with E-state index in [1.807, 2.05) is 49.3 Å². The number of halogens is 1. The summed E-state index contributed by atoms with van der Waals surface area (Å²) in [6.07, 6.45) is 0. The Hall–Kier alpha value is -1.67. The Morgan fingerprint density at radius 3 is 2.48 bits per heavy atom. The minimum atomic E-state index is -3.62. The summed E-state index contributed by atoms with van der Waals surface area (Å²) in [5.74, 6) is 0.723. The van der Waals surface area contributed by atoms with E-state index in [4.69, 9.17) is 4.42 Å². The molecule has 0 amide bonds. The summed E-state index contributed by atoms with van der Waals surface area (Å²) in [4.78, 5) is 2.15. The fourth-order valence-electron chi connectivity index (χ4n) is 2.63. The van der Waals surface area contributed by atoms with E-state index < -0.39 is 10.0 Å². The lowest BCUT2D eigenvalue weighted by atomic mass is 10.2. The maximum absolute atomic E-state index is 12.6. The Labute approximate surface area is 155 Å². The van der Waals surface area contributed by atoms with Crippen LogP contribution < -0.4 is 4.72 Å². The number of furan rings is 1. The molecule has 5 nitrogen and oxygen atoms in total. The van der Waals surface area contributed by atoms with Gasteiger partial charge in [-0.15, -0.1) is 0 Å². The fraction of sp³-hybridized carbons (Fsp3) is 0.222. The van der Waals surface area contributed by atoms with Crippen molar-refractivity contribution in [3.63, 3.8) is 0 Å². The van der Waals surface area contributed by atoms with Crippen LogP contribution in [0.4, 0.5) is 0 Å². The number of para-hydroxylation sites is 1. The molecule has 0 aliphatic rings. The summed E-state index contributed by atoms with van der Waals surface area (Å²) in [5, 5.41) is 0.998. The molecule has 0 saturated heterocycles. The number of benzene rings is 2. The molecule has 1 atom stereocenters. The van der Waals surface area contributed by atoms with Crippen LogP contribution in [0.3, 0.4) is 0 Å². The maximum Gasteiger partial charge on any atom is 0.241 e. The summed E-state index contributed by atoms with van der Waals surface area (Å²) in [5.41, 5.74) is 0.790. The van der Waals surface area contributed by atoms with Gasteiger partial charge in [-0.2, -0.15) is 0 Å². The zero-order valence-corrected chi connectivity index (χ0v) is 16.3. The number of fused-ring (bicyclic) bond motifs is 1. The first-order valence-electron chi connectivity index (χ1n) is 7.77. The van der Waals surface area contributed by atoms with Gasteiger partial charge in [0.15, 0.2) is 0 Å². The van der Waals surface area contributed by atoms with Gasteiger partial charge in [-0.3, -0.25) is 4.90 Å². The smallest absolute Gasteiger partial charge is 0.241 e. The molecule has 3 aromatic rings. The Bertz CT molecular complexity index is 950. The number of nitrogens with one attached hydrogen (secondary N) is 1. The fourth-order valence-corrected chi connectivity index (χ4v) is 4.67. The van der Waals surface area contributed by atoms with Gasteiger partial charge < -0.3 is 4.42 Å². The lowest BCUT2D eigenvalue weighted by molar-refractivity contribution is 0.264. The highest BCUT2D eigenvalue weighted by Gasteiger charge is 2.23. The van der Waals surface area contributed by atoms with Crippen molar-refractivity contribution in [1.82, 2.24) is 9.62 Å². The highest BCUT2D eigenvalue weighted by molar-refractivity contribution is 9.10. The quantitative estimate of drug-likeness (QED) is 0.656. The van der Waals surface area contributed by atoms with Gasteiger partial charge in [-0.05, 0) is 54.3 Å². The van der Waals surface area contributed by atoms with Gasteiger partial charge in [0.25, 0.3) is 0 Å². The SMILES string of the molecule is CN(C)[C@@H](CNS(=O)(=O)c1ccccc1Br)c1cc2ccccc2o1. The van der Waals surface area contributed by atoms with Crippen molar-refractivity contribution >= 4 is 36.9 Å². The molecule has 0 fully saturated rings. The summed E-state index contributed by atoms with van der Waals surface area (Å²) in [7, 11) is 0.164. The monoisotopic (exact) mass is 422 g/mol. The molecular formula is C18H19BrN2O3S. The van der Waals surface area contributed by atoms with Crippen LogP contribution in [0.1, 0.15) is 11.8 Å². The van der Waals surface area contributed by atoms with Crippen molar-refractivity contribution < 1.29 is 12.8 Å². The topological polar surface area (TPSA) is 62.6 Å². The van der Waals surface area contributed by atoms with E-state index in [2.05, 4.69) is 20.7 Å². The third kappa shape index (κ3) is 3.95. The zero-order valence-electron chi connectivity index (χ0n) is 13.9. The lowest BCUT2D eigenvalue weighted by Crippen LogP contribution is -2.34. The largest absolute Gasteiger partial charge is 0.459 e. The second-order valence-corrected chi connectivity index (χ2v) is 8.54. The molecular weight excluding hydrogens is 404 g/mol. The van der Waals surface area contributed by atoms with Gasteiger partial charge in [0.2, 0.25) is 10.0 Å². The molecule has 0 unspecified atom stereocenters. The Morgan fingerprint density at radius 2 is 1.80 bits per heavy atom. The van der Waals surface area contributed by atoms with E-state index in [9.17, 15) is 8.42 Å². The first-order valence-corrected chi connectivity index (χ1v) is 10.1. The average molecular weight is 423 g/mol. The molecule has 0 spiro atoms. The van der Waals surface area contributed by atoms with Gasteiger partial charge in [-0.25, -0.2) is 13.1 Å². The van der Waals surface area contributed by atoms with Crippen molar-refractivity contribution in [2.24, 2.45) is 0 Å². The molecule has 0 saturated carbocycles. The van der Waals surface area contributed by atoms with Crippen LogP contribution in [0.15, 0.2) is 68.4 Å². The molecule has 7 heteroatoms. The summed E-state index contributed by atoms with van der Waals surface area (Å²) < 4.78 is 34.3. The zero-order chi connectivity index (χ0) is 18.0. The Morgan fingerprint density at radius 1 is 1.12 bits per heavy atom. The van der Waals surface area contributed by atoms with Gasteiger partial charge in [-0.1, -0.05) is 30.3 Å². The van der Waals surface area contributed by atoms with Crippen molar-refractivity contribution in [3.05, 3.63) is 64.8 Å². The number of rotatable bonds is 6. The molecule has 1 N–H and O–H groups in total. The van der Waals surface area contributed by atoms with E-state index in [1.165, 1.54) is 0 Å². The molecule has 132 valence electrons. The molecule has 25 heavy (non-hydrogen) atoms. The highest BCUT2D eigenvalue weighted by atomic mass is 79.9. The number of hydrogen-bond donors (Lipinski definition) is 1. The minimum absolute atomic E-state index is 0.205. The van der Waals surface area contributed by atoms with Crippen molar-refractivity contribution in [2.45, 2.75) is 10.9 Å². The maximum atomic E-state index is 12.6. The molecule has 0 radical (unpaired) electrons. The van der Waals surface area contributed by atoms with Crippen LogP contribution in [0.25, 0.3) is 11.0 Å². The highest BCUT2D eigenvalue weighted by Crippen LogP contribution is 2.27. The van der Waals surface area contributed by atoms with Crippen LogP contribution in [0, 0.1) is 0 Å². The standard InChI is InChI=1S/C18H19BrN2O3S/c1-21(2)15(17-11-13-7-3-5-9-16(13)24-17)12-20-25(22,23)18-10-6-4-8-14(18)19/h3-11,15,20H,12H2,1-2H3/t15-/m0/s1. The van der Waals surface area contributed by atoms with E-state index in [-0.39, 0.29) is 17.5 Å². The number of hydrogen-bond acceptors (Lipinski definition) is 4. The third-order valence-electron chi connectivity index (χ3n) is 3.99. The van der Waals surface area contributed by atoms with Gasteiger partial charge in [0.1, 0.15) is 11.3 Å². The van der Waals surface area contributed by atoms with Crippen LogP contribution in [-0.2, 0) is 10.0 Å². The average Bonchev–Trinajstić information content (AvgIpc) is 2.98.